The highest BCUT2D eigenvalue weighted by Crippen LogP contribution is 2.13. The van der Waals surface area contributed by atoms with Gasteiger partial charge in [0.25, 0.3) is 0 Å². The fraction of sp³-hybridized carbons (Fsp3) is 0.455. The van der Waals surface area contributed by atoms with E-state index in [9.17, 15) is 12.3 Å². The zero-order valence-corrected chi connectivity index (χ0v) is 10.1. The Hall–Kier alpha value is -0.900. The number of benzene rings is 1. The van der Waals surface area contributed by atoms with Crippen molar-refractivity contribution in [1.82, 2.24) is 0 Å². The first kappa shape index (κ1) is 14.1. The average molecular weight is 232 g/mol. The van der Waals surface area contributed by atoms with Crippen LogP contribution in [0.4, 0.5) is 3.89 Å². The van der Waals surface area contributed by atoms with E-state index >= 15 is 0 Å². The third-order valence-electron chi connectivity index (χ3n) is 1.74. The van der Waals surface area contributed by atoms with Gasteiger partial charge in [0.2, 0.25) is 0 Å². The van der Waals surface area contributed by atoms with Gasteiger partial charge in [0, 0.05) is 0 Å². The molecule has 1 aromatic carbocycles. The van der Waals surface area contributed by atoms with Gasteiger partial charge in [-0.2, -0.15) is 8.42 Å². The first-order valence-corrected chi connectivity index (χ1v) is 6.46. The summed E-state index contributed by atoms with van der Waals surface area (Å²) in [4.78, 5) is -0.271. The molecule has 4 heteroatoms. The maximum atomic E-state index is 12.4. The molecule has 0 aliphatic carbocycles. The summed E-state index contributed by atoms with van der Waals surface area (Å²) in [6.07, 6.45) is 1.87. The van der Waals surface area contributed by atoms with Crippen LogP contribution >= 0.6 is 0 Å². The Morgan fingerprint density at radius 1 is 1.13 bits per heavy atom. The van der Waals surface area contributed by atoms with E-state index < -0.39 is 10.2 Å². The molecule has 86 valence electrons. The molecule has 0 fully saturated rings. The maximum absolute atomic E-state index is 12.4. The van der Waals surface area contributed by atoms with Gasteiger partial charge in [-0.05, 0) is 24.1 Å². The highest BCUT2D eigenvalue weighted by molar-refractivity contribution is 7.86. The van der Waals surface area contributed by atoms with Crippen LogP contribution in [-0.4, -0.2) is 8.42 Å². The lowest BCUT2D eigenvalue weighted by atomic mass is 10.1. The number of rotatable bonds is 3. The Labute approximate surface area is 91.3 Å². The van der Waals surface area contributed by atoms with Crippen molar-refractivity contribution >= 4 is 10.2 Å². The molecule has 0 radical (unpaired) electrons. The Balaban J connectivity index is 0.000000921. The molecule has 0 saturated heterocycles. The second-order valence-corrected chi connectivity index (χ2v) is 4.18. The molecular formula is C11H17FO2S. The molecule has 0 unspecified atom stereocenters. The first-order chi connectivity index (χ1) is 7.04. The third-order valence-corrected chi connectivity index (χ3v) is 2.58. The fourth-order valence-corrected chi connectivity index (χ4v) is 1.57. The van der Waals surface area contributed by atoms with Crippen LogP contribution in [0.15, 0.2) is 29.2 Å². The second kappa shape index (κ2) is 6.56. The van der Waals surface area contributed by atoms with Crippen molar-refractivity contribution in [1.29, 1.82) is 0 Å². The lowest BCUT2D eigenvalue weighted by Crippen LogP contribution is -1.92. The molecule has 0 N–H and O–H groups in total. The van der Waals surface area contributed by atoms with Crippen LogP contribution in [0.3, 0.4) is 0 Å². The second-order valence-electron chi connectivity index (χ2n) is 2.83. The molecule has 0 heterocycles. The Morgan fingerprint density at radius 2 is 1.60 bits per heavy atom. The van der Waals surface area contributed by atoms with E-state index in [4.69, 9.17) is 0 Å². The SMILES string of the molecule is CC.CCCc1ccc(S(=O)(=O)F)cc1. The quantitative estimate of drug-likeness (QED) is 0.749. The van der Waals surface area contributed by atoms with E-state index in [0.29, 0.717) is 0 Å². The van der Waals surface area contributed by atoms with Crippen LogP contribution in [0, 0.1) is 0 Å². The molecule has 0 aliphatic heterocycles. The van der Waals surface area contributed by atoms with Crippen molar-refractivity contribution in [2.75, 3.05) is 0 Å². The predicted octanol–water partition coefficient (Wildman–Crippen LogP) is 3.32. The van der Waals surface area contributed by atoms with E-state index in [1.165, 1.54) is 12.1 Å². The maximum Gasteiger partial charge on any atom is 0.332 e. The predicted molar refractivity (Wildman–Crippen MR) is 60.1 cm³/mol. The van der Waals surface area contributed by atoms with Crippen molar-refractivity contribution in [2.45, 2.75) is 38.5 Å². The van der Waals surface area contributed by atoms with Gasteiger partial charge in [-0.1, -0.05) is 39.3 Å². The number of hydrogen-bond donors (Lipinski definition) is 0. The topological polar surface area (TPSA) is 34.1 Å². The minimum absolute atomic E-state index is 0.271. The Morgan fingerprint density at radius 3 is 1.93 bits per heavy atom. The average Bonchev–Trinajstić information content (AvgIpc) is 2.21. The first-order valence-electron chi connectivity index (χ1n) is 5.07. The Bertz CT molecular complexity index is 368. The van der Waals surface area contributed by atoms with Gasteiger partial charge in [0.1, 0.15) is 0 Å². The normalized spacial score (nSPS) is 10.4. The summed E-state index contributed by atoms with van der Waals surface area (Å²) >= 11 is 0. The molecule has 0 spiro atoms. The van der Waals surface area contributed by atoms with Crippen LogP contribution < -0.4 is 0 Å². The summed E-state index contributed by atoms with van der Waals surface area (Å²) in [5.41, 5.74) is 1.02. The minimum atomic E-state index is -4.53. The van der Waals surface area contributed by atoms with Crippen LogP contribution in [0.25, 0.3) is 0 Å². The molecule has 0 atom stereocenters. The van der Waals surface area contributed by atoms with Crippen molar-refractivity contribution < 1.29 is 12.3 Å². The lowest BCUT2D eigenvalue weighted by molar-refractivity contribution is 0.552. The molecule has 0 aromatic heterocycles. The molecule has 0 saturated carbocycles. The zero-order chi connectivity index (χ0) is 11.9. The van der Waals surface area contributed by atoms with E-state index in [1.54, 1.807) is 12.1 Å². The van der Waals surface area contributed by atoms with Crippen LogP contribution in [-0.2, 0) is 16.6 Å². The van der Waals surface area contributed by atoms with E-state index in [2.05, 4.69) is 0 Å². The van der Waals surface area contributed by atoms with Crippen LogP contribution in [0.2, 0.25) is 0 Å². The summed E-state index contributed by atoms with van der Waals surface area (Å²) in [7, 11) is -4.53. The van der Waals surface area contributed by atoms with Gasteiger partial charge < -0.3 is 0 Å². The minimum Gasteiger partial charge on any atom is -0.189 e. The highest BCUT2D eigenvalue weighted by Gasteiger charge is 2.10. The third kappa shape index (κ3) is 4.93. The van der Waals surface area contributed by atoms with Crippen molar-refractivity contribution in [3.05, 3.63) is 29.8 Å². The summed E-state index contributed by atoms with van der Waals surface area (Å²) < 4.78 is 33.3. The van der Waals surface area contributed by atoms with Gasteiger partial charge >= 0.3 is 10.2 Å². The monoisotopic (exact) mass is 232 g/mol. The number of hydrogen-bond acceptors (Lipinski definition) is 2. The van der Waals surface area contributed by atoms with Gasteiger partial charge in [-0.25, -0.2) is 0 Å². The molecule has 0 amide bonds. The van der Waals surface area contributed by atoms with Crippen LogP contribution in [0.5, 0.6) is 0 Å². The smallest absolute Gasteiger partial charge is 0.189 e. The molecule has 0 aliphatic rings. The largest absolute Gasteiger partial charge is 0.332 e. The lowest BCUT2D eigenvalue weighted by Gasteiger charge is -1.98. The van der Waals surface area contributed by atoms with Gasteiger partial charge in [0.05, 0.1) is 4.90 Å². The Kier molecular flexibility index (Phi) is 6.17. The molecule has 1 aromatic rings. The molecule has 1 rings (SSSR count). The summed E-state index contributed by atoms with van der Waals surface area (Å²) in [5, 5.41) is 0. The standard InChI is InChI=1S/C9H11FO2S.C2H6/c1-2-3-8-4-6-9(7-5-8)13(10,11)12;1-2/h4-7H,2-3H2,1H3;1-2H3. The summed E-state index contributed by atoms with van der Waals surface area (Å²) in [6.45, 7) is 6.03. The molecule has 2 nitrogen and oxygen atoms in total. The fourth-order valence-electron chi connectivity index (χ4n) is 1.11. The van der Waals surface area contributed by atoms with Crippen molar-refractivity contribution in [3.8, 4) is 0 Å². The van der Waals surface area contributed by atoms with E-state index in [1.807, 2.05) is 20.8 Å². The number of halogens is 1. The van der Waals surface area contributed by atoms with Gasteiger partial charge in [-0.3, -0.25) is 0 Å². The van der Waals surface area contributed by atoms with E-state index in [-0.39, 0.29) is 4.90 Å². The van der Waals surface area contributed by atoms with Gasteiger partial charge in [-0.15, -0.1) is 3.89 Å². The van der Waals surface area contributed by atoms with Crippen molar-refractivity contribution in [2.24, 2.45) is 0 Å². The highest BCUT2D eigenvalue weighted by atomic mass is 32.3. The zero-order valence-electron chi connectivity index (χ0n) is 9.33. The molecule has 15 heavy (non-hydrogen) atoms. The molecular weight excluding hydrogens is 215 g/mol. The van der Waals surface area contributed by atoms with Gasteiger partial charge in [0.15, 0.2) is 0 Å². The van der Waals surface area contributed by atoms with E-state index in [0.717, 1.165) is 18.4 Å². The summed E-state index contributed by atoms with van der Waals surface area (Å²) in [5.74, 6) is 0. The van der Waals surface area contributed by atoms with Crippen molar-refractivity contribution in [3.63, 3.8) is 0 Å². The number of aryl methyl sites for hydroxylation is 1. The van der Waals surface area contributed by atoms with Crippen LogP contribution in [0.1, 0.15) is 32.8 Å². The summed E-state index contributed by atoms with van der Waals surface area (Å²) in [6, 6.07) is 5.85. The molecule has 0 bridgehead atoms.